The van der Waals surface area contributed by atoms with E-state index < -0.39 is 0 Å². The number of aromatic amines is 1. The summed E-state index contributed by atoms with van der Waals surface area (Å²) < 4.78 is 4.77. The molecule has 128 valence electrons. The van der Waals surface area contributed by atoms with Gasteiger partial charge in [0.15, 0.2) is 0 Å². The average Bonchev–Trinajstić information content (AvgIpc) is 3.23. The SMILES string of the molecule is CN(C)c1nc(C2CCN(C(=O)CCc3ccon3)C2)cc(=O)[nH]1. The van der Waals surface area contributed by atoms with E-state index in [1.165, 1.54) is 12.3 Å². The van der Waals surface area contributed by atoms with Crippen LogP contribution in [0.1, 0.15) is 30.1 Å². The summed E-state index contributed by atoms with van der Waals surface area (Å²) >= 11 is 0. The highest BCUT2D eigenvalue weighted by molar-refractivity contribution is 5.76. The summed E-state index contributed by atoms with van der Waals surface area (Å²) in [5, 5.41) is 3.81. The Kier molecular flexibility index (Phi) is 4.64. The number of aryl methyl sites for hydroxylation is 1. The molecule has 0 radical (unpaired) electrons. The molecule has 1 unspecified atom stereocenters. The first-order chi connectivity index (χ1) is 11.5. The minimum absolute atomic E-state index is 0.0955. The molecule has 1 amide bonds. The molecule has 3 heterocycles. The predicted molar refractivity (Wildman–Crippen MR) is 87.9 cm³/mol. The van der Waals surface area contributed by atoms with Crippen LogP contribution in [-0.2, 0) is 11.2 Å². The Balaban J connectivity index is 1.62. The normalized spacial score (nSPS) is 17.2. The van der Waals surface area contributed by atoms with E-state index >= 15 is 0 Å². The van der Waals surface area contributed by atoms with Crippen molar-refractivity contribution in [2.75, 3.05) is 32.1 Å². The number of carbonyl (C=O) groups is 1. The number of nitrogens with zero attached hydrogens (tertiary/aromatic N) is 4. The van der Waals surface area contributed by atoms with Crippen LogP contribution in [0.5, 0.6) is 0 Å². The van der Waals surface area contributed by atoms with Crippen molar-refractivity contribution >= 4 is 11.9 Å². The van der Waals surface area contributed by atoms with Crippen molar-refractivity contribution in [3.05, 3.63) is 40.1 Å². The van der Waals surface area contributed by atoms with Crippen molar-refractivity contribution in [3.8, 4) is 0 Å². The molecular weight excluding hydrogens is 310 g/mol. The van der Waals surface area contributed by atoms with Gasteiger partial charge < -0.3 is 14.3 Å². The zero-order chi connectivity index (χ0) is 17.1. The van der Waals surface area contributed by atoms with Gasteiger partial charge in [-0.25, -0.2) is 4.98 Å². The van der Waals surface area contributed by atoms with Gasteiger partial charge in [0.25, 0.3) is 5.56 Å². The number of anilines is 1. The molecule has 0 saturated carbocycles. The van der Waals surface area contributed by atoms with Crippen molar-refractivity contribution in [1.29, 1.82) is 0 Å². The molecule has 1 fully saturated rings. The lowest BCUT2D eigenvalue weighted by Crippen LogP contribution is -2.29. The first kappa shape index (κ1) is 16.2. The number of rotatable bonds is 5. The summed E-state index contributed by atoms with van der Waals surface area (Å²) in [6.45, 7) is 1.29. The summed E-state index contributed by atoms with van der Waals surface area (Å²) in [4.78, 5) is 34.9. The van der Waals surface area contributed by atoms with Crippen LogP contribution in [0.2, 0.25) is 0 Å². The van der Waals surface area contributed by atoms with Crippen molar-refractivity contribution in [3.63, 3.8) is 0 Å². The Bertz CT molecular complexity index is 753. The van der Waals surface area contributed by atoms with Crippen LogP contribution in [0.3, 0.4) is 0 Å². The Morgan fingerprint density at radius 1 is 1.50 bits per heavy atom. The third kappa shape index (κ3) is 3.64. The van der Waals surface area contributed by atoms with Gasteiger partial charge in [0.05, 0.1) is 11.4 Å². The van der Waals surface area contributed by atoms with Crippen LogP contribution >= 0.6 is 0 Å². The fourth-order valence-corrected chi connectivity index (χ4v) is 2.87. The standard InChI is InChI=1S/C16H21N5O3/c1-20(2)16-17-13(9-14(22)18-16)11-5-7-21(10-11)15(23)4-3-12-6-8-24-19-12/h6,8-9,11H,3-5,7,10H2,1-2H3,(H,17,18,22). The molecule has 2 aromatic heterocycles. The Hall–Kier alpha value is -2.64. The highest BCUT2D eigenvalue weighted by Gasteiger charge is 2.28. The van der Waals surface area contributed by atoms with E-state index in [0.717, 1.165) is 17.8 Å². The van der Waals surface area contributed by atoms with E-state index in [0.29, 0.717) is 31.9 Å². The van der Waals surface area contributed by atoms with Crippen LogP contribution in [0, 0.1) is 0 Å². The molecule has 0 aromatic carbocycles. The quantitative estimate of drug-likeness (QED) is 0.869. The molecule has 0 aliphatic carbocycles. The molecule has 1 saturated heterocycles. The van der Waals surface area contributed by atoms with E-state index in [4.69, 9.17) is 4.52 Å². The van der Waals surface area contributed by atoms with Crippen molar-refractivity contribution in [1.82, 2.24) is 20.0 Å². The maximum Gasteiger partial charge on any atom is 0.252 e. The minimum atomic E-state index is -0.167. The third-order valence-electron chi connectivity index (χ3n) is 4.22. The zero-order valence-electron chi connectivity index (χ0n) is 13.9. The number of hydrogen-bond acceptors (Lipinski definition) is 6. The first-order valence-corrected chi connectivity index (χ1v) is 7.98. The van der Waals surface area contributed by atoms with Crippen LogP contribution < -0.4 is 10.5 Å². The fourth-order valence-electron chi connectivity index (χ4n) is 2.87. The van der Waals surface area contributed by atoms with Crippen LogP contribution in [0.15, 0.2) is 27.7 Å². The molecule has 24 heavy (non-hydrogen) atoms. The molecule has 8 heteroatoms. The summed E-state index contributed by atoms with van der Waals surface area (Å²) in [7, 11) is 3.66. The van der Waals surface area contributed by atoms with E-state index in [9.17, 15) is 9.59 Å². The maximum absolute atomic E-state index is 12.3. The molecule has 8 nitrogen and oxygen atoms in total. The summed E-state index contributed by atoms with van der Waals surface area (Å²) in [5.74, 6) is 0.730. The Labute approximate surface area is 139 Å². The van der Waals surface area contributed by atoms with Gasteiger partial charge in [0, 0.05) is 58.1 Å². The van der Waals surface area contributed by atoms with Crippen molar-refractivity contribution < 1.29 is 9.32 Å². The molecule has 2 aromatic rings. The predicted octanol–water partition coefficient (Wildman–Crippen LogP) is 0.773. The molecule has 1 aliphatic rings. The second-order valence-corrected chi connectivity index (χ2v) is 6.20. The summed E-state index contributed by atoms with van der Waals surface area (Å²) in [5.41, 5.74) is 1.36. The molecule has 1 atom stereocenters. The van der Waals surface area contributed by atoms with Crippen LogP contribution in [0.4, 0.5) is 5.95 Å². The van der Waals surface area contributed by atoms with Gasteiger partial charge in [0.1, 0.15) is 6.26 Å². The zero-order valence-corrected chi connectivity index (χ0v) is 13.9. The number of H-pyrrole nitrogens is 1. The smallest absolute Gasteiger partial charge is 0.252 e. The van der Waals surface area contributed by atoms with Gasteiger partial charge in [0.2, 0.25) is 11.9 Å². The second-order valence-electron chi connectivity index (χ2n) is 6.20. The average molecular weight is 331 g/mol. The van der Waals surface area contributed by atoms with Crippen LogP contribution in [-0.4, -0.2) is 53.1 Å². The fraction of sp³-hybridized carbons (Fsp3) is 0.500. The number of amides is 1. The van der Waals surface area contributed by atoms with E-state index in [-0.39, 0.29) is 17.4 Å². The van der Waals surface area contributed by atoms with Gasteiger partial charge in [-0.15, -0.1) is 0 Å². The molecule has 1 N–H and O–H groups in total. The third-order valence-corrected chi connectivity index (χ3v) is 4.22. The van der Waals surface area contributed by atoms with E-state index in [2.05, 4.69) is 15.1 Å². The lowest BCUT2D eigenvalue weighted by atomic mass is 10.1. The molecule has 0 bridgehead atoms. The van der Waals surface area contributed by atoms with Crippen molar-refractivity contribution in [2.24, 2.45) is 0 Å². The Morgan fingerprint density at radius 3 is 3.04 bits per heavy atom. The largest absolute Gasteiger partial charge is 0.365 e. The van der Waals surface area contributed by atoms with Gasteiger partial charge in [-0.1, -0.05) is 5.16 Å². The highest BCUT2D eigenvalue weighted by Crippen LogP contribution is 2.26. The summed E-state index contributed by atoms with van der Waals surface area (Å²) in [6, 6.07) is 3.30. The van der Waals surface area contributed by atoms with Gasteiger partial charge in [-0.3, -0.25) is 14.6 Å². The number of aromatic nitrogens is 3. The van der Waals surface area contributed by atoms with Crippen molar-refractivity contribution in [2.45, 2.75) is 25.2 Å². The van der Waals surface area contributed by atoms with Gasteiger partial charge in [-0.2, -0.15) is 0 Å². The number of hydrogen-bond donors (Lipinski definition) is 1. The topological polar surface area (TPSA) is 95.3 Å². The Morgan fingerprint density at radius 2 is 2.33 bits per heavy atom. The van der Waals surface area contributed by atoms with E-state index in [1.807, 2.05) is 19.0 Å². The second kappa shape index (κ2) is 6.86. The first-order valence-electron chi connectivity index (χ1n) is 7.98. The molecule has 3 rings (SSSR count). The number of carbonyl (C=O) groups excluding carboxylic acids is 1. The minimum Gasteiger partial charge on any atom is -0.365 e. The molecule has 1 aliphatic heterocycles. The van der Waals surface area contributed by atoms with E-state index in [1.54, 1.807) is 11.0 Å². The molecular formula is C16H21N5O3. The monoisotopic (exact) mass is 331 g/mol. The maximum atomic E-state index is 12.3. The van der Waals surface area contributed by atoms with Gasteiger partial charge in [-0.05, 0) is 6.42 Å². The molecule has 0 spiro atoms. The summed E-state index contributed by atoms with van der Waals surface area (Å²) in [6.07, 6.45) is 3.31. The van der Waals surface area contributed by atoms with Gasteiger partial charge >= 0.3 is 0 Å². The lowest BCUT2D eigenvalue weighted by Gasteiger charge is -2.17. The highest BCUT2D eigenvalue weighted by atomic mass is 16.5. The van der Waals surface area contributed by atoms with Crippen LogP contribution in [0.25, 0.3) is 0 Å². The number of likely N-dealkylation sites (tertiary alicyclic amines) is 1. The number of nitrogens with one attached hydrogen (secondary N) is 1. The lowest BCUT2D eigenvalue weighted by molar-refractivity contribution is -0.130.